The molecule has 0 fully saturated rings. The molecule has 6 heteroatoms. The van der Waals surface area contributed by atoms with Gasteiger partial charge < -0.3 is 0 Å². The van der Waals surface area contributed by atoms with E-state index in [0.29, 0.717) is 17.3 Å². The van der Waals surface area contributed by atoms with E-state index in [1.165, 1.54) is 6.07 Å². The lowest BCUT2D eigenvalue weighted by Gasteiger charge is -2.08. The van der Waals surface area contributed by atoms with Gasteiger partial charge in [-0.2, -0.15) is 18.4 Å². The number of alkyl halides is 3. The summed E-state index contributed by atoms with van der Waals surface area (Å²) in [7, 11) is 0. The van der Waals surface area contributed by atoms with Crippen LogP contribution in [0.1, 0.15) is 12.0 Å². The van der Waals surface area contributed by atoms with Crippen LogP contribution in [0.3, 0.4) is 0 Å². The van der Waals surface area contributed by atoms with Crippen molar-refractivity contribution in [2.75, 3.05) is 0 Å². The number of hydrogen-bond donors (Lipinski definition) is 0. The maximum Gasteiger partial charge on any atom is 0.446 e. The van der Waals surface area contributed by atoms with Gasteiger partial charge >= 0.3 is 5.51 Å². The Kier molecular flexibility index (Phi) is 4.69. The van der Waals surface area contributed by atoms with E-state index in [1.807, 2.05) is 6.07 Å². The molecule has 0 radical (unpaired) electrons. The molecule has 0 aliphatic rings. The molecular formula is C10H7BrF3NS. The van der Waals surface area contributed by atoms with Crippen molar-refractivity contribution in [3.63, 3.8) is 0 Å². The highest BCUT2D eigenvalue weighted by molar-refractivity contribution is 9.10. The van der Waals surface area contributed by atoms with Crippen molar-refractivity contribution >= 4 is 27.7 Å². The van der Waals surface area contributed by atoms with E-state index in [-0.39, 0.29) is 16.7 Å². The molecule has 0 saturated heterocycles. The molecular weight excluding hydrogens is 303 g/mol. The summed E-state index contributed by atoms with van der Waals surface area (Å²) in [6, 6.07) is 6.62. The second-order valence-corrected chi connectivity index (χ2v) is 4.93. The Bertz CT molecular complexity index is 412. The molecule has 0 amide bonds. The Balaban J connectivity index is 2.80. The number of hydrogen-bond acceptors (Lipinski definition) is 2. The van der Waals surface area contributed by atoms with Crippen molar-refractivity contribution in [3.05, 3.63) is 28.2 Å². The van der Waals surface area contributed by atoms with Crippen molar-refractivity contribution in [1.82, 2.24) is 0 Å². The van der Waals surface area contributed by atoms with Gasteiger partial charge in [0.25, 0.3) is 0 Å². The van der Waals surface area contributed by atoms with E-state index in [4.69, 9.17) is 5.26 Å². The van der Waals surface area contributed by atoms with Gasteiger partial charge in [0, 0.05) is 15.8 Å². The minimum absolute atomic E-state index is 0.133. The molecule has 0 heterocycles. The molecule has 0 bridgehead atoms. The quantitative estimate of drug-likeness (QED) is 0.767. The third-order valence-corrected chi connectivity index (χ3v) is 3.47. The monoisotopic (exact) mass is 309 g/mol. The smallest absolute Gasteiger partial charge is 0.198 e. The zero-order valence-electron chi connectivity index (χ0n) is 8.01. The number of nitrogens with zero attached hydrogens (tertiary/aromatic N) is 1. The first-order chi connectivity index (χ1) is 7.42. The Morgan fingerprint density at radius 1 is 1.38 bits per heavy atom. The summed E-state index contributed by atoms with van der Waals surface area (Å²) in [4.78, 5) is 0.133. The second-order valence-electron chi connectivity index (χ2n) is 2.97. The van der Waals surface area contributed by atoms with E-state index >= 15 is 0 Å². The van der Waals surface area contributed by atoms with Crippen LogP contribution in [-0.2, 0) is 6.42 Å². The lowest BCUT2D eigenvalue weighted by Crippen LogP contribution is -1.99. The molecule has 1 aromatic carbocycles. The molecule has 0 N–H and O–H groups in total. The summed E-state index contributed by atoms with van der Waals surface area (Å²) in [5, 5.41) is 8.39. The molecule has 1 rings (SSSR count). The van der Waals surface area contributed by atoms with E-state index in [9.17, 15) is 13.2 Å². The molecule has 0 spiro atoms. The fraction of sp³-hybridized carbons (Fsp3) is 0.300. The van der Waals surface area contributed by atoms with Gasteiger partial charge in [-0.1, -0.05) is 6.07 Å². The van der Waals surface area contributed by atoms with Crippen LogP contribution in [0.25, 0.3) is 0 Å². The first-order valence-electron chi connectivity index (χ1n) is 4.33. The molecule has 0 aromatic heterocycles. The van der Waals surface area contributed by atoms with Gasteiger partial charge in [-0.05, 0) is 51.8 Å². The summed E-state index contributed by atoms with van der Waals surface area (Å²) >= 11 is 2.94. The predicted octanol–water partition coefficient (Wildman–Crippen LogP) is 4.52. The van der Waals surface area contributed by atoms with Crippen LogP contribution in [0, 0.1) is 11.3 Å². The predicted molar refractivity (Wildman–Crippen MR) is 60.0 cm³/mol. The first kappa shape index (κ1) is 13.4. The van der Waals surface area contributed by atoms with E-state index in [1.54, 1.807) is 12.1 Å². The van der Waals surface area contributed by atoms with Crippen LogP contribution < -0.4 is 0 Å². The van der Waals surface area contributed by atoms with Crippen molar-refractivity contribution < 1.29 is 13.2 Å². The highest BCUT2D eigenvalue weighted by atomic mass is 79.9. The number of thioether (sulfide) groups is 1. The van der Waals surface area contributed by atoms with E-state index in [2.05, 4.69) is 15.9 Å². The van der Waals surface area contributed by atoms with Gasteiger partial charge in [-0.3, -0.25) is 0 Å². The molecule has 86 valence electrons. The maximum absolute atomic E-state index is 12.1. The molecule has 0 aliphatic carbocycles. The summed E-state index contributed by atoms with van der Waals surface area (Å²) in [5.41, 5.74) is -3.43. The van der Waals surface area contributed by atoms with Crippen LogP contribution in [0.4, 0.5) is 13.2 Å². The fourth-order valence-corrected chi connectivity index (χ4v) is 2.32. The zero-order valence-corrected chi connectivity index (χ0v) is 10.4. The minimum Gasteiger partial charge on any atom is -0.198 e. The molecule has 1 nitrogen and oxygen atoms in total. The standard InChI is InChI=1S/C10H7BrF3NS/c11-8-6-7(2-1-5-15)3-4-9(8)16-10(12,13)14/h3-4,6H,1-2H2. The van der Waals surface area contributed by atoms with Crippen molar-refractivity contribution in [2.24, 2.45) is 0 Å². The Hall–Kier alpha value is -0.670. The van der Waals surface area contributed by atoms with Crippen LogP contribution in [0.15, 0.2) is 27.6 Å². The van der Waals surface area contributed by atoms with Gasteiger partial charge in [0.1, 0.15) is 0 Å². The van der Waals surface area contributed by atoms with Gasteiger partial charge in [-0.25, -0.2) is 0 Å². The Morgan fingerprint density at radius 2 is 2.06 bits per heavy atom. The van der Waals surface area contributed by atoms with Crippen LogP contribution >= 0.6 is 27.7 Å². The SMILES string of the molecule is N#CCCc1ccc(SC(F)(F)F)c(Br)c1. The topological polar surface area (TPSA) is 23.8 Å². The lowest BCUT2D eigenvalue weighted by molar-refractivity contribution is -0.0328. The van der Waals surface area contributed by atoms with Gasteiger partial charge in [0.05, 0.1) is 6.07 Å². The van der Waals surface area contributed by atoms with Gasteiger partial charge in [-0.15, -0.1) is 0 Å². The van der Waals surface area contributed by atoms with Crippen LogP contribution in [0.5, 0.6) is 0 Å². The minimum atomic E-state index is -4.28. The highest BCUT2D eigenvalue weighted by Gasteiger charge is 2.30. The van der Waals surface area contributed by atoms with Crippen LogP contribution in [-0.4, -0.2) is 5.51 Å². The van der Waals surface area contributed by atoms with E-state index in [0.717, 1.165) is 5.56 Å². The molecule has 1 aromatic rings. The maximum atomic E-state index is 12.1. The molecule has 16 heavy (non-hydrogen) atoms. The number of benzene rings is 1. The number of rotatable bonds is 3. The summed E-state index contributed by atoms with van der Waals surface area (Å²) < 4.78 is 36.8. The number of aryl methyl sites for hydroxylation is 1. The summed E-state index contributed by atoms with van der Waals surface area (Å²) in [6.07, 6.45) is 0.907. The summed E-state index contributed by atoms with van der Waals surface area (Å²) in [6.45, 7) is 0. The largest absolute Gasteiger partial charge is 0.446 e. The second kappa shape index (κ2) is 5.60. The number of halogens is 4. The first-order valence-corrected chi connectivity index (χ1v) is 5.94. The zero-order chi connectivity index (χ0) is 12.2. The normalized spacial score (nSPS) is 11.2. The Labute approximate surface area is 104 Å². The third-order valence-electron chi connectivity index (χ3n) is 1.75. The van der Waals surface area contributed by atoms with Crippen molar-refractivity contribution in [1.29, 1.82) is 5.26 Å². The lowest BCUT2D eigenvalue weighted by atomic mass is 10.1. The molecule has 0 saturated carbocycles. The highest BCUT2D eigenvalue weighted by Crippen LogP contribution is 2.40. The van der Waals surface area contributed by atoms with Crippen molar-refractivity contribution in [2.45, 2.75) is 23.2 Å². The summed E-state index contributed by atoms with van der Waals surface area (Å²) in [5.74, 6) is 0. The molecule has 0 atom stereocenters. The average Bonchev–Trinajstić information content (AvgIpc) is 2.17. The van der Waals surface area contributed by atoms with E-state index < -0.39 is 5.51 Å². The fourth-order valence-electron chi connectivity index (χ4n) is 1.11. The van der Waals surface area contributed by atoms with Crippen LogP contribution in [0.2, 0.25) is 0 Å². The molecule has 0 unspecified atom stereocenters. The van der Waals surface area contributed by atoms with Gasteiger partial charge in [0.2, 0.25) is 0 Å². The van der Waals surface area contributed by atoms with Gasteiger partial charge in [0.15, 0.2) is 0 Å². The van der Waals surface area contributed by atoms with Crippen molar-refractivity contribution in [3.8, 4) is 6.07 Å². The average molecular weight is 310 g/mol. The third kappa shape index (κ3) is 4.45. The Morgan fingerprint density at radius 3 is 2.56 bits per heavy atom. The number of nitriles is 1. The molecule has 0 aliphatic heterocycles.